The smallest absolute Gasteiger partial charge is 0.131 e. The van der Waals surface area contributed by atoms with Gasteiger partial charge in [-0.1, -0.05) is 13.8 Å². The quantitative estimate of drug-likeness (QED) is 0.910. The second-order valence-corrected chi connectivity index (χ2v) is 6.55. The lowest BCUT2D eigenvalue weighted by Gasteiger charge is -2.26. The summed E-state index contributed by atoms with van der Waals surface area (Å²) >= 11 is 0. The molecule has 0 spiro atoms. The molecule has 0 amide bonds. The number of hydrogen-bond donors (Lipinski definition) is 1. The lowest BCUT2D eigenvalue weighted by molar-refractivity contribution is 0.325. The summed E-state index contributed by atoms with van der Waals surface area (Å²) in [6, 6.07) is 0. The molecule has 2 heterocycles. The van der Waals surface area contributed by atoms with E-state index in [0.29, 0.717) is 5.41 Å². The zero-order valence-electron chi connectivity index (χ0n) is 13.1. The Hall–Kier alpha value is -1.03. The summed E-state index contributed by atoms with van der Waals surface area (Å²) in [6.45, 7) is 10.1. The van der Waals surface area contributed by atoms with Crippen LogP contribution < -0.4 is 10.2 Å². The molecule has 0 saturated carbocycles. The average molecular weight is 264 g/mol. The second kappa shape index (κ2) is 5.53. The van der Waals surface area contributed by atoms with Gasteiger partial charge in [0.1, 0.15) is 5.82 Å². The molecule has 0 aromatic carbocycles. The first-order valence-electron chi connectivity index (χ1n) is 7.36. The molecule has 1 saturated heterocycles. The van der Waals surface area contributed by atoms with Gasteiger partial charge >= 0.3 is 0 Å². The van der Waals surface area contributed by atoms with E-state index in [4.69, 9.17) is 0 Å². The molecule has 0 aliphatic carbocycles. The minimum Gasteiger partial charge on any atom is -0.357 e. The van der Waals surface area contributed by atoms with E-state index in [1.165, 1.54) is 30.6 Å². The lowest BCUT2D eigenvalue weighted by Crippen LogP contribution is -2.28. The Morgan fingerprint density at radius 3 is 2.68 bits per heavy atom. The first-order chi connectivity index (χ1) is 8.94. The predicted octanol–water partition coefficient (Wildman–Crippen LogP) is 2.46. The molecule has 108 valence electrons. The van der Waals surface area contributed by atoms with Gasteiger partial charge in [-0.2, -0.15) is 5.10 Å². The molecule has 4 nitrogen and oxygen atoms in total. The van der Waals surface area contributed by atoms with Crippen molar-refractivity contribution in [3.63, 3.8) is 0 Å². The third kappa shape index (κ3) is 3.11. The zero-order valence-corrected chi connectivity index (χ0v) is 13.1. The topological polar surface area (TPSA) is 33.1 Å². The second-order valence-electron chi connectivity index (χ2n) is 6.55. The molecular weight excluding hydrogens is 236 g/mol. The van der Waals surface area contributed by atoms with Crippen molar-refractivity contribution in [2.24, 2.45) is 12.5 Å². The van der Waals surface area contributed by atoms with E-state index in [-0.39, 0.29) is 0 Å². The largest absolute Gasteiger partial charge is 0.357 e. The van der Waals surface area contributed by atoms with E-state index in [2.05, 4.69) is 47.8 Å². The van der Waals surface area contributed by atoms with Crippen molar-refractivity contribution in [1.29, 1.82) is 0 Å². The summed E-state index contributed by atoms with van der Waals surface area (Å²) in [5.41, 5.74) is 2.98. The van der Waals surface area contributed by atoms with Crippen molar-refractivity contribution in [2.45, 2.75) is 46.6 Å². The van der Waals surface area contributed by atoms with Crippen molar-refractivity contribution < 1.29 is 0 Å². The number of rotatable bonds is 3. The molecule has 0 bridgehead atoms. The Bertz CT molecular complexity index is 434. The van der Waals surface area contributed by atoms with Gasteiger partial charge in [0, 0.05) is 32.2 Å². The number of hydrogen-bond acceptors (Lipinski definition) is 3. The van der Waals surface area contributed by atoms with Crippen LogP contribution in [0.3, 0.4) is 0 Å². The van der Waals surface area contributed by atoms with Crippen LogP contribution in [0.4, 0.5) is 5.82 Å². The molecule has 1 aliphatic rings. The first-order valence-corrected chi connectivity index (χ1v) is 7.36. The molecule has 1 aromatic heterocycles. The van der Waals surface area contributed by atoms with Crippen LogP contribution in [0, 0.1) is 12.3 Å². The fraction of sp³-hybridized carbons (Fsp3) is 0.800. The van der Waals surface area contributed by atoms with Gasteiger partial charge in [-0.05, 0) is 38.6 Å². The minimum atomic E-state index is 0.478. The summed E-state index contributed by atoms with van der Waals surface area (Å²) < 4.78 is 2.06. The van der Waals surface area contributed by atoms with Gasteiger partial charge in [0.2, 0.25) is 0 Å². The highest BCUT2D eigenvalue weighted by molar-refractivity contribution is 5.50. The van der Waals surface area contributed by atoms with Gasteiger partial charge in [0.25, 0.3) is 0 Å². The van der Waals surface area contributed by atoms with Crippen LogP contribution in [0.5, 0.6) is 0 Å². The molecule has 1 fully saturated rings. The third-order valence-electron chi connectivity index (χ3n) is 4.31. The highest BCUT2D eigenvalue weighted by atomic mass is 15.4. The molecule has 0 unspecified atom stereocenters. The molecule has 1 aromatic rings. The number of nitrogens with one attached hydrogen (secondary N) is 1. The molecule has 19 heavy (non-hydrogen) atoms. The van der Waals surface area contributed by atoms with Crippen molar-refractivity contribution >= 4 is 5.82 Å². The zero-order chi connectivity index (χ0) is 14.0. The van der Waals surface area contributed by atoms with Crippen LogP contribution in [0.2, 0.25) is 0 Å². The van der Waals surface area contributed by atoms with Crippen molar-refractivity contribution in [3.8, 4) is 0 Å². The normalized spacial score (nSPS) is 19.5. The van der Waals surface area contributed by atoms with Gasteiger partial charge in [-0.3, -0.25) is 4.68 Å². The fourth-order valence-corrected chi connectivity index (χ4v) is 3.10. The number of anilines is 1. The van der Waals surface area contributed by atoms with E-state index in [0.717, 1.165) is 25.3 Å². The van der Waals surface area contributed by atoms with E-state index in [1.54, 1.807) is 0 Å². The molecule has 1 N–H and O–H groups in total. The molecular formula is C15H28N4. The van der Waals surface area contributed by atoms with E-state index in [9.17, 15) is 0 Å². The van der Waals surface area contributed by atoms with Crippen molar-refractivity contribution in [3.05, 3.63) is 11.3 Å². The van der Waals surface area contributed by atoms with Gasteiger partial charge in [0.15, 0.2) is 0 Å². The molecule has 0 radical (unpaired) electrons. The Morgan fingerprint density at radius 1 is 1.26 bits per heavy atom. The fourth-order valence-electron chi connectivity index (χ4n) is 3.10. The van der Waals surface area contributed by atoms with Crippen LogP contribution in [-0.2, 0) is 13.6 Å². The third-order valence-corrected chi connectivity index (χ3v) is 4.31. The summed E-state index contributed by atoms with van der Waals surface area (Å²) in [6.07, 6.45) is 3.86. The standard InChI is InChI=1S/C15H28N4/c1-12-13(11-16-4)14(18(5)17-12)19-9-6-7-15(2,3)8-10-19/h16H,6-11H2,1-5H3. The number of aryl methyl sites for hydroxylation is 2. The number of nitrogens with zero attached hydrogens (tertiary/aromatic N) is 3. The van der Waals surface area contributed by atoms with Crippen molar-refractivity contribution in [1.82, 2.24) is 15.1 Å². The van der Waals surface area contributed by atoms with Crippen LogP contribution >= 0.6 is 0 Å². The van der Waals surface area contributed by atoms with Crippen molar-refractivity contribution in [2.75, 3.05) is 25.0 Å². The molecule has 1 aliphatic heterocycles. The van der Waals surface area contributed by atoms with Gasteiger partial charge in [0.05, 0.1) is 5.69 Å². The monoisotopic (exact) mass is 264 g/mol. The van der Waals surface area contributed by atoms with E-state index >= 15 is 0 Å². The Kier molecular flexibility index (Phi) is 4.19. The van der Waals surface area contributed by atoms with E-state index < -0.39 is 0 Å². The summed E-state index contributed by atoms with van der Waals surface area (Å²) in [5, 5.41) is 7.88. The minimum absolute atomic E-state index is 0.478. The summed E-state index contributed by atoms with van der Waals surface area (Å²) in [5.74, 6) is 1.31. The first kappa shape index (κ1) is 14.4. The molecule has 0 atom stereocenters. The Morgan fingerprint density at radius 2 is 2.00 bits per heavy atom. The molecule has 4 heteroatoms. The van der Waals surface area contributed by atoms with Crippen LogP contribution in [-0.4, -0.2) is 29.9 Å². The summed E-state index contributed by atoms with van der Waals surface area (Å²) in [4.78, 5) is 2.53. The SMILES string of the molecule is CNCc1c(C)nn(C)c1N1CCCC(C)(C)CC1. The van der Waals surface area contributed by atoms with Gasteiger partial charge in [-0.15, -0.1) is 0 Å². The number of aromatic nitrogens is 2. The maximum absolute atomic E-state index is 4.61. The van der Waals surface area contributed by atoms with Crippen LogP contribution in [0.25, 0.3) is 0 Å². The predicted molar refractivity (Wildman–Crippen MR) is 80.6 cm³/mol. The lowest BCUT2D eigenvalue weighted by atomic mass is 9.85. The summed E-state index contributed by atoms with van der Waals surface area (Å²) in [7, 11) is 4.07. The highest BCUT2D eigenvalue weighted by Crippen LogP contribution is 2.33. The maximum Gasteiger partial charge on any atom is 0.131 e. The van der Waals surface area contributed by atoms with Gasteiger partial charge < -0.3 is 10.2 Å². The Balaban J connectivity index is 2.26. The van der Waals surface area contributed by atoms with Gasteiger partial charge in [-0.25, -0.2) is 0 Å². The maximum atomic E-state index is 4.61. The Labute approximate surface area is 117 Å². The molecule has 2 rings (SSSR count). The van der Waals surface area contributed by atoms with E-state index in [1.807, 2.05) is 7.05 Å². The highest BCUT2D eigenvalue weighted by Gasteiger charge is 2.26. The average Bonchev–Trinajstić information content (AvgIpc) is 2.49. The van der Waals surface area contributed by atoms with Crippen LogP contribution in [0.15, 0.2) is 0 Å². The van der Waals surface area contributed by atoms with Crippen LogP contribution in [0.1, 0.15) is 44.4 Å².